The molecule has 1 aliphatic rings. The monoisotopic (exact) mass is 502 g/mol. The SMILES string of the molecule is COC(=O)c1sc(N2C(=O)C(=O)/C(=C(/O)c3ccccc3)[C@H]2c2ccc(Cl)c(Cl)c2)nc1C. The third kappa shape index (κ3) is 4.01. The van der Waals surface area contributed by atoms with Crippen LogP contribution >= 0.6 is 34.5 Å². The molecular formula is C23H16Cl2N2O5S. The molecule has 0 bridgehead atoms. The molecule has 168 valence electrons. The van der Waals surface area contributed by atoms with Gasteiger partial charge in [-0.3, -0.25) is 14.5 Å². The van der Waals surface area contributed by atoms with Gasteiger partial charge in [-0.15, -0.1) is 0 Å². The molecule has 3 aromatic rings. The summed E-state index contributed by atoms with van der Waals surface area (Å²) >= 11 is 13.2. The Morgan fingerprint density at radius 3 is 2.45 bits per heavy atom. The smallest absolute Gasteiger partial charge is 0.350 e. The summed E-state index contributed by atoms with van der Waals surface area (Å²) in [6.07, 6.45) is 0. The minimum Gasteiger partial charge on any atom is -0.507 e. The van der Waals surface area contributed by atoms with Crippen LogP contribution in [0.2, 0.25) is 10.0 Å². The van der Waals surface area contributed by atoms with E-state index in [-0.39, 0.29) is 26.4 Å². The van der Waals surface area contributed by atoms with Crippen molar-refractivity contribution < 1.29 is 24.2 Å². The maximum atomic E-state index is 13.2. The lowest BCUT2D eigenvalue weighted by atomic mass is 9.95. The van der Waals surface area contributed by atoms with Gasteiger partial charge in [0, 0.05) is 5.56 Å². The summed E-state index contributed by atoms with van der Waals surface area (Å²) in [7, 11) is 1.24. The van der Waals surface area contributed by atoms with Crippen LogP contribution < -0.4 is 4.90 Å². The number of benzene rings is 2. The summed E-state index contributed by atoms with van der Waals surface area (Å²) in [6, 6.07) is 12.0. The molecule has 1 aliphatic heterocycles. The van der Waals surface area contributed by atoms with Crippen molar-refractivity contribution in [2.45, 2.75) is 13.0 Å². The molecule has 0 aliphatic carbocycles. The number of anilines is 1. The van der Waals surface area contributed by atoms with Gasteiger partial charge in [0.2, 0.25) is 0 Å². The van der Waals surface area contributed by atoms with Crippen molar-refractivity contribution in [1.29, 1.82) is 0 Å². The second-order valence-corrected chi connectivity index (χ2v) is 8.90. The Hall–Kier alpha value is -3.20. The number of methoxy groups -OCH3 is 1. The molecule has 2 heterocycles. The van der Waals surface area contributed by atoms with Crippen molar-refractivity contribution in [3.63, 3.8) is 0 Å². The Morgan fingerprint density at radius 1 is 1.12 bits per heavy atom. The summed E-state index contributed by atoms with van der Waals surface area (Å²) in [5.41, 5.74) is 1.02. The molecule has 0 spiro atoms. The molecule has 33 heavy (non-hydrogen) atoms. The van der Waals surface area contributed by atoms with E-state index >= 15 is 0 Å². The number of ether oxygens (including phenoxy) is 1. The van der Waals surface area contributed by atoms with Crippen molar-refractivity contribution >= 4 is 63.1 Å². The van der Waals surface area contributed by atoms with E-state index < -0.39 is 23.7 Å². The average molecular weight is 503 g/mol. The first-order valence-corrected chi connectivity index (χ1v) is 11.2. The maximum Gasteiger partial charge on any atom is 0.350 e. The number of amides is 1. The highest BCUT2D eigenvalue weighted by molar-refractivity contribution is 7.17. The second-order valence-electron chi connectivity index (χ2n) is 7.11. The van der Waals surface area contributed by atoms with Crippen molar-refractivity contribution in [2.75, 3.05) is 12.0 Å². The van der Waals surface area contributed by atoms with Gasteiger partial charge in [0.1, 0.15) is 10.6 Å². The van der Waals surface area contributed by atoms with E-state index in [1.165, 1.54) is 19.2 Å². The number of ketones is 1. The lowest BCUT2D eigenvalue weighted by molar-refractivity contribution is -0.132. The number of hydrogen-bond donors (Lipinski definition) is 1. The van der Waals surface area contributed by atoms with Crippen molar-refractivity contribution in [3.05, 3.63) is 85.8 Å². The number of carbonyl (C=O) groups excluding carboxylic acids is 3. The van der Waals surface area contributed by atoms with E-state index in [0.717, 1.165) is 16.2 Å². The molecule has 10 heteroatoms. The Balaban J connectivity index is 1.96. The fourth-order valence-corrected chi connectivity index (χ4v) is 4.86. The molecule has 7 nitrogen and oxygen atoms in total. The molecule has 0 unspecified atom stereocenters. The van der Waals surface area contributed by atoms with E-state index in [2.05, 4.69) is 4.98 Å². The molecule has 4 rings (SSSR count). The molecule has 1 amide bonds. The van der Waals surface area contributed by atoms with Gasteiger partial charge < -0.3 is 9.84 Å². The number of hydrogen-bond acceptors (Lipinski definition) is 7. The zero-order valence-corrected chi connectivity index (χ0v) is 19.7. The number of aromatic nitrogens is 1. The molecule has 1 atom stereocenters. The zero-order valence-electron chi connectivity index (χ0n) is 17.3. The van der Waals surface area contributed by atoms with Crippen molar-refractivity contribution in [3.8, 4) is 0 Å². The predicted molar refractivity (Wildman–Crippen MR) is 126 cm³/mol. The van der Waals surface area contributed by atoms with Gasteiger partial charge in [-0.2, -0.15) is 0 Å². The molecule has 0 radical (unpaired) electrons. The van der Waals surface area contributed by atoms with Gasteiger partial charge in [0.05, 0.1) is 34.5 Å². The number of aliphatic hydroxyl groups is 1. The van der Waals surface area contributed by atoms with Crippen LogP contribution in [0.4, 0.5) is 5.13 Å². The first-order chi connectivity index (χ1) is 15.7. The number of carbonyl (C=O) groups is 3. The van der Waals surface area contributed by atoms with E-state index in [4.69, 9.17) is 27.9 Å². The minimum absolute atomic E-state index is 0.109. The van der Waals surface area contributed by atoms with Gasteiger partial charge in [0.25, 0.3) is 5.78 Å². The van der Waals surface area contributed by atoms with Gasteiger partial charge in [0.15, 0.2) is 5.13 Å². The number of nitrogens with zero attached hydrogens (tertiary/aromatic N) is 2. The fraction of sp³-hybridized carbons (Fsp3) is 0.130. The van der Waals surface area contributed by atoms with Gasteiger partial charge in [-0.1, -0.05) is 70.9 Å². The molecule has 2 aromatic carbocycles. The number of thiazole rings is 1. The van der Waals surface area contributed by atoms with Crippen LogP contribution in [0.3, 0.4) is 0 Å². The lowest BCUT2D eigenvalue weighted by Gasteiger charge is -2.23. The quantitative estimate of drug-likeness (QED) is 0.228. The normalized spacial score (nSPS) is 17.5. The summed E-state index contributed by atoms with van der Waals surface area (Å²) in [5, 5.41) is 11.7. The van der Waals surface area contributed by atoms with Gasteiger partial charge >= 0.3 is 11.9 Å². The average Bonchev–Trinajstić information content (AvgIpc) is 3.32. The molecule has 1 saturated heterocycles. The highest BCUT2D eigenvalue weighted by Gasteiger charge is 2.48. The standard InChI is InChI=1S/C23H16Cl2N2O5S/c1-11-20(22(31)32-2)33-23(26-11)27-17(13-8-9-14(24)15(25)10-13)16(19(29)21(27)30)18(28)12-6-4-3-5-7-12/h3-10,17,28H,1-2H3/b18-16+/t17-/m1/s1. The molecule has 1 N–H and O–H groups in total. The molecule has 0 saturated carbocycles. The number of Topliss-reactive ketones (excluding diaryl/α,β-unsaturated/α-hetero) is 1. The second kappa shape index (κ2) is 8.97. The topological polar surface area (TPSA) is 96.8 Å². The Kier molecular flexibility index (Phi) is 6.25. The van der Waals surface area contributed by atoms with E-state index in [0.29, 0.717) is 21.8 Å². The van der Waals surface area contributed by atoms with E-state index in [1.807, 2.05) is 0 Å². The number of aliphatic hydroxyl groups excluding tert-OH is 1. The molecular weight excluding hydrogens is 487 g/mol. The Labute approximate surface area is 202 Å². The third-order valence-corrected chi connectivity index (χ3v) is 6.99. The lowest BCUT2D eigenvalue weighted by Crippen LogP contribution is -2.29. The number of aryl methyl sites for hydroxylation is 1. The minimum atomic E-state index is -1.05. The van der Waals surface area contributed by atoms with Crippen LogP contribution in [0.1, 0.15) is 32.5 Å². The Bertz CT molecular complexity index is 1320. The van der Waals surface area contributed by atoms with E-state index in [1.54, 1.807) is 43.3 Å². The number of esters is 1. The highest BCUT2D eigenvalue weighted by atomic mass is 35.5. The number of rotatable bonds is 4. The first kappa shape index (κ1) is 23.0. The van der Waals surface area contributed by atoms with Crippen molar-refractivity contribution in [2.24, 2.45) is 0 Å². The number of halogens is 2. The summed E-state index contributed by atoms with van der Waals surface area (Å²) in [6.45, 7) is 1.60. The van der Waals surface area contributed by atoms with E-state index in [9.17, 15) is 19.5 Å². The van der Waals surface area contributed by atoms with Crippen LogP contribution in [-0.2, 0) is 14.3 Å². The Morgan fingerprint density at radius 2 is 1.82 bits per heavy atom. The first-order valence-electron chi connectivity index (χ1n) is 9.61. The summed E-state index contributed by atoms with van der Waals surface area (Å²) < 4.78 is 4.78. The van der Waals surface area contributed by atoms with Gasteiger partial charge in [-0.05, 0) is 24.6 Å². The van der Waals surface area contributed by atoms with Crippen LogP contribution in [-0.4, -0.2) is 34.9 Å². The van der Waals surface area contributed by atoms with Crippen molar-refractivity contribution in [1.82, 2.24) is 4.98 Å². The van der Waals surface area contributed by atoms with Crippen LogP contribution in [0.5, 0.6) is 0 Å². The van der Waals surface area contributed by atoms with Crippen LogP contribution in [0.15, 0.2) is 54.1 Å². The van der Waals surface area contributed by atoms with Gasteiger partial charge in [-0.25, -0.2) is 9.78 Å². The fourth-order valence-electron chi connectivity index (χ4n) is 3.55. The maximum absolute atomic E-state index is 13.2. The third-order valence-electron chi connectivity index (χ3n) is 5.11. The largest absolute Gasteiger partial charge is 0.507 e. The highest BCUT2D eigenvalue weighted by Crippen LogP contribution is 2.44. The molecule has 1 fully saturated rings. The zero-order chi connectivity index (χ0) is 23.9. The van der Waals surface area contributed by atoms with Crippen LogP contribution in [0, 0.1) is 6.92 Å². The summed E-state index contributed by atoms with van der Waals surface area (Å²) in [4.78, 5) is 44.1. The summed E-state index contributed by atoms with van der Waals surface area (Å²) in [5.74, 6) is -2.73. The predicted octanol–water partition coefficient (Wildman–Crippen LogP) is 5.17. The van der Waals surface area contributed by atoms with Crippen LogP contribution in [0.25, 0.3) is 5.76 Å². The molecule has 1 aromatic heterocycles.